The minimum absolute atomic E-state index is 0.0177. The van der Waals surface area contributed by atoms with Crippen LogP contribution in [0.4, 0.5) is 4.79 Å². The average molecular weight is 255 g/mol. The van der Waals surface area contributed by atoms with E-state index in [1.807, 2.05) is 0 Å². The number of β-amino-alcohol motifs (C(OH)–C–C–N with tert-alkyl or cyclic N) is 1. The van der Waals surface area contributed by atoms with Crippen molar-refractivity contribution in [1.82, 2.24) is 14.7 Å². The molecule has 4 amide bonds. The number of likely N-dealkylation sites (tertiary alicyclic amines) is 1. The second-order valence-electron chi connectivity index (χ2n) is 5.18. The Hall–Kier alpha value is -1.63. The van der Waals surface area contributed by atoms with E-state index < -0.39 is 11.6 Å². The first-order chi connectivity index (χ1) is 8.30. The quantitative estimate of drug-likeness (QED) is 0.633. The number of rotatable bonds is 2. The van der Waals surface area contributed by atoms with E-state index in [2.05, 4.69) is 0 Å². The molecular formula is C11H17N3O4. The van der Waals surface area contributed by atoms with Gasteiger partial charge in [-0.1, -0.05) is 0 Å². The van der Waals surface area contributed by atoms with E-state index in [1.165, 1.54) is 16.8 Å². The molecule has 1 atom stereocenters. The van der Waals surface area contributed by atoms with Crippen LogP contribution in [0.25, 0.3) is 0 Å². The van der Waals surface area contributed by atoms with Crippen LogP contribution < -0.4 is 0 Å². The van der Waals surface area contributed by atoms with Gasteiger partial charge < -0.3 is 14.9 Å². The van der Waals surface area contributed by atoms with Crippen molar-refractivity contribution in [3.8, 4) is 0 Å². The number of urea groups is 1. The first kappa shape index (κ1) is 12.8. The molecule has 0 spiro atoms. The first-order valence-corrected chi connectivity index (χ1v) is 5.86. The lowest BCUT2D eigenvalue weighted by Gasteiger charge is -2.21. The van der Waals surface area contributed by atoms with E-state index >= 15 is 0 Å². The Morgan fingerprint density at radius 2 is 2.11 bits per heavy atom. The molecule has 0 aromatic heterocycles. The molecule has 1 N–H and O–H groups in total. The summed E-state index contributed by atoms with van der Waals surface area (Å²) in [5, 5.41) is 9.77. The Bertz CT molecular complexity index is 407. The standard InChI is InChI=1S/C11H17N3O4/c1-11(18)3-4-13(7-11)8(15)6-14-9(16)5-12(2)10(14)17/h18H,3-7H2,1-2H3. The van der Waals surface area contributed by atoms with Crippen LogP contribution in [0.3, 0.4) is 0 Å². The molecule has 0 aromatic carbocycles. The van der Waals surface area contributed by atoms with Gasteiger partial charge in [0.05, 0.1) is 5.60 Å². The lowest BCUT2D eigenvalue weighted by atomic mass is 10.1. The summed E-state index contributed by atoms with van der Waals surface area (Å²) in [7, 11) is 1.52. The number of hydrogen-bond donors (Lipinski definition) is 1. The fraction of sp³-hybridized carbons (Fsp3) is 0.727. The van der Waals surface area contributed by atoms with Crippen molar-refractivity contribution in [2.24, 2.45) is 0 Å². The minimum Gasteiger partial charge on any atom is -0.388 e. The van der Waals surface area contributed by atoms with Crippen molar-refractivity contribution in [2.75, 3.05) is 33.2 Å². The first-order valence-electron chi connectivity index (χ1n) is 5.86. The Labute approximate surface area is 105 Å². The van der Waals surface area contributed by atoms with Gasteiger partial charge in [0, 0.05) is 20.1 Å². The summed E-state index contributed by atoms with van der Waals surface area (Å²) in [5.41, 5.74) is -0.870. The van der Waals surface area contributed by atoms with Crippen molar-refractivity contribution in [1.29, 1.82) is 0 Å². The average Bonchev–Trinajstić information content (AvgIpc) is 2.74. The van der Waals surface area contributed by atoms with Gasteiger partial charge in [-0.05, 0) is 13.3 Å². The monoisotopic (exact) mass is 255 g/mol. The van der Waals surface area contributed by atoms with E-state index in [0.717, 1.165) is 4.90 Å². The molecule has 0 saturated carbocycles. The highest BCUT2D eigenvalue weighted by molar-refractivity contribution is 6.04. The van der Waals surface area contributed by atoms with Gasteiger partial charge in [-0.25, -0.2) is 4.79 Å². The van der Waals surface area contributed by atoms with Crippen LogP contribution >= 0.6 is 0 Å². The number of aliphatic hydroxyl groups is 1. The van der Waals surface area contributed by atoms with Crippen LogP contribution in [-0.4, -0.2) is 76.5 Å². The molecule has 2 fully saturated rings. The van der Waals surface area contributed by atoms with Crippen molar-refractivity contribution >= 4 is 17.8 Å². The molecule has 0 radical (unpaired) electrons. The molecule has 100 valence electrons. The summed E-state index contributed by atoms with van der Waals surface area (Å²) in [4.78, 5) is 38.8. The van der Waals surface area contributed by atoms with Crippen LogP contribution in [0.15, 0.2) is 0 Å². The van der Waals surface area contributed by atoms with Crippen molar-refractivity contribution < 1.29 is 19.5 Å². The molecule has 2 saturated heterocycles. The Kier molecular flexibility index (Phi) is 3.02. The van der Waals surface area contributed by atoms with Crippen LogP contribution in [0.5, 0.6) is 0 Å². The molecule has 2 heterocycles. The molecule has 2 rings (SSSR count). The number of nitrogens with zero attached hydrogens (tertiary/aromatic N) is 3. The van der Waals surface area contributed by atoms with Crippen molar-refractivity contribution in [3.05, 3.63) is 0 Å². The maximum Gasteiger partial charge on any atom is 0.327 e. The summed E-state index contributed by atoms with van der Waals surface area (Å²) in [6.07, 6.45) is 0.514. The topological polar surface area (TPSA) is 81.2 Å². The van der Waals surface area contributed by atoms with Crippen LogP contribution in [0.2, 0.25) is 0 Å². The molecule has 7 heteroatoms. The highest BCUT2D eigenvalue weighted by Gasteiger charge is 2.38. The number of hydrogen-bond acceptors (Lipinski definition) is 4. The van der Waals surface area contributed by atoms with E-state index in [-0.39, 0.29) is 31.4 Å². The zero-order valence-corrected chi connectivity index (χ0v) is 10.5. The largest absolute Gasteiger partial charge is 0.388 e. The third-order valence-corrected chi connectivity index (χ3v) is 3.33. The van der Waals surface area contributed by atoms with E-state index in [0.29, 0.717) is 13.0 Å². The number of carbonyl (C=O) groups excluding carboxylic acids is 3. The highest BCUT2D eigenvalue weighted by atomic mass is 16.3. The summed E-state index contributed by atoms with van der Waals surface area (Å²) < 4.78 is 0. The minimum atomic E-state index is -0.870. The normalized spacial score (nSPS) is 28.5. The van der Waals surface area contributed by atoms with Gasteiger partial charge in [-0.3, -0.25) is 14.5 Å². The molecule has 18 heavy (non-hydrogen) atoms. The predicted molar refractivity (Wildman–Crippen MR) is 61.6 cm³/mol. The SMILES string of the molecule is CN1CC(=O)N(CC(=O)N2CCC(C)(O)C2)C1=O. The Morgan fingerprint density at radius 3 is 2.56 bits per heavy atom. The summed E-state index contributed by atoms with van der Waals surface area (Å²) >= 11 is 0. The van der Waals surface area contributed by atoms with E-state index in [9.17, 15) is 19.5 Å². The van der Waals surface area contributed by atoms with E-state index in [4.69, 9.17) is 0 Å². The maximum atomic E-state index is 11.9. The van der Waals surface area contributed by atoms with Crippen molar-refractivity contribution in [2.45, 2.75) is 18.9 Å². The van der Waals surface area contributed by atoms with E-state index in [1.54, 1.807) is 6.92 Å². The lowest BCUT2D eigenvalue weighted by Crippen LogP contribution is -2.43. The molecular weight excluding hydrogens is 238 g/mol. The number of carbonyl (C=O) groups is 3. The molecule has 7 nitrogen and oxygen atoms in total. The zero-order valence-electron chi connectivity index (χ0n) is 10.5. The van der Waals surface area contributed by atoms with Crippen LogP contribution in [0.1, 0.15) is 13.3 Å². The van der Waals surface area contributed by atoms with Gasteiger partial charge in [-0.15, -0.1) is 0 Å². The fourth-order valence-corrected chi connectivity index (χ4v) is 2.22. The second-order valence-corrected chi connectivity index (χ2v) is 5.18. The molecule has 0 aliphatic carbocycles. The maximum absolute atomic E-state index is 11.9. The van der Waals surface area contributed by atoms with Gasteiger partial charge in [0.15, 0.2) is 0 Å². The molecule has 0 bridgehead atoms. The zero-order chi connectivity index (χ0) is 13.5. The molecule has 2 aliphatic rings. The molecule has 0 aromatic rings. The van der Waals surface area contributed by atoms with Gasteiger partial charge in [0.2, 0.25) is 5.91 Å². The summed E-state index contributed by atoms with van der Waals surface area (Å²) in [6, 6.07) is -0.445. The third-order valence-electron chi connectivity index (χ3n) is 3.33. The predicted octanol–water partition coefficient (Wildman–Crippen LogP) is -1.14. The van der Waals surface area contributed by atoms with Gasteiger partial charge in [0.1, 0.15) is 13.1 Å². The fourth-order valence-electron chi connectivity index (χ4n) is 2.22. The Morgan fingerprint density at radius 1 is 1.44 bits per heavy atom. The smallest absolute Gasteiger partial charge is 0.327 e. The van der Waals surface area contributed by atoms with Crippen molar-refractivity contribution in [3.63, 3.8) is 0 Å². The summed E-state index contributed by atoms with van der Waals surface area (Å²) in [5.74, 6) is -0.661. The van der Waals surface area contributed by atoms with Gasteiger partial charge in [0.25, 0.3) is 5.91 Å². The highest BCUT2D eigenvalue weighted by Crippen LogP contribution is 2.20. The van der Waals surface area contributed by atoms with Gasteiger partial charge in [-0.2, -0.15) is 0 Å². The lowest BCUT2D eigenvalue weighted by molar-refractivity contribution is -0.136. The molecule has 2 aliphatic heterocycles. The van der Waals surface area contributed by atoms with Crippen LogP contribution in [-0.2, 0) is 9.59 Å². The Balaban J connectivity index is 1.96. The van der Waals surface area contributed by atoms with Gasteiger partial charge >= 0.3 is 6.03 Å². The molecule has 1 unspecified atom stereocenters. The third kappa shape index (κ3) is 2.31. The number of imide groups is 1. The number of likely N-dealkylation sites (N-methyl/N-ethyl adjacent to an activating group) is 1. The van der Waals surface area contributed by atoms with Crippen LogP contribution in [0, 0.1) is 0 Å². The summed E-state index contributed by atoms with van der Waals surface area (Å²) in [6.45, 7) is 2.15. The second kappa shape index (κ2) is 4.24. The number of amides is 4.